The molecular formula is C16H18ClNO. The molecule has 0 amide bonds. The zero-order valence-corrected chi connectivity index (χ0v) is 12.2. The van der Waals surface area contributed by atoms with Crippen LogP contribution in [-0.4, -0.2) is 14.2 Å². The smallest absolute Gasteiger partial charge is 0.121 e. The average molecular weight is 276 g/mol. The third kappa shape index (κ3) is 3.09. The molecule has 0 aliphatic rings. The summed E-state index contributed by atoms with van der Waals surface area (Å²) in [6, 6.07) is 14.3. The lowest BCUT2D eigenvalue weighted by molar-refractivity contribution is 0.411. The number of nitrogens with one attached hydrogen (secondary N) is 1. The number of hydrogen-bond acceptors (Lipinski definition) is 2. The average Bonchev–Trinajstić information content (AvgIpc) is 2.42. The Morgan fingerprint density at radius 3 is 2.21 bits per heavy atom. The first-order valence-electron chi connectivity index (χ1n) is 6.23. The molecule has 3 heteroatoms. The van der Waals surface area contributed by atoms with E-state index < -0.39 is 0 Å². The van der Waals surface area contributed by atoms with Crippen molar-refractivity contribution >= 4 is 11.6 Å². The van der Waals surface area contributed by atoms with Crippen molar-refractivity contribution in [2.75, 3.05) is 14.2 Å². The van der Waals surface area contributed by atoms with E-state index in [9.17, 15) is 0 Å². The van der Waals surface area contributed by atoms with Crippen LogP contribution in [0, 0.1) is 6.92 Å². The van der Waals surface area contributed by atoms with Crippen LogP contribution < -0.4 is 10.1 Å². The van der Waals surface area contributed by atoms with E-state index in [1.807, 2.05) is 37.4 Å². The number of ether oxygens (including phenoxy) is 1. The van der Waals surface area contributed by atoms with Gasteiger partial charge in [-0.2, -0.15) is 0 Å². The van der Waals surface area contributed by atoms with E-state index in [4.69, 9.17) is 16.3 Å². The van der Waals surface area contributed by atoms with Gasteiger partial charge in [0.1, 0.15) is 5.75 Å². The Morgan fingerprint density at radius 2 is 1.68 bits per heavy atom. The van der Waals surface area contributed by atoms with Crippen molar-refractivity contribution in [3.8, 4) is 5.75 Å². The summed E-state index contributed by atoms with van der Waals surface area (Å²) in [5, 5.41) is 4.09. The maximum absolute atomic E-state index is 5.93. The Kier molecular flexibility index (Phi) is 4.46. The molecule has 2 rings (SSSR count). The summed E-state index contributed by atoms with van der Waals surface area (Å²) in [6.07, 6.45) is 0. The normalized spacial score (nSPS) is 12.2. The molecule has 0 fully saturated rings. The van der Waals surface area contributed by atoms with Crippen LogP contribution in [-0.2, 0) is 0 Å². The highest BCUT2D eigenvalue weighted by Gasteiger charge is 2.13. The summed E-state index contributed by atoms with van der Waals surface area (Å²) < 4.78 is 5.30. The molecule has 0 saturated carbocycles. The molecule has 1 unspecified atom stereocenters. The van der Waals surface area contributed by atoms with Crippen LogP contribution in [0.1, 0.15) is 22.7 Å². The van der Waals surface area contributed by atoms with E-state index in [0.29, 0.717) is 0 Å². The largest absolute Gasteiger partial charge is 0.496 e. The van der Waals surface area contributed by atoms with Gasteiger partial charge in [-0.1, -0.05) is 35.9 Å². The molecule has 0 aliphatic carbocycles. The second-order valence-electron chi connectivity index (χ2n) is 4.50. The maximum Gasteiger partial charge on any atom is 0.121 e. The Balaban J connectivity index is 2.36. The Bertz CT molecular complexity index is 551. The molecule has 0 bridgehead atoms. The van der Waals surface area contributed by atoms with E-state index >= 15 is 0 Å². The van der Waals surface area contributed by atoms with Gasteiger partial charge in [0.05, 0.1) is 13.2 Å². The van der Waals surface area contributed by atoms with Gasteiger partial charge >= 0.3 is 0 Å². The van der Waals surface area contributed by atoms with Gasteiger partial charge in [0.2, 0.25) is 0 Å². The van der Waals surface area contributed by atoms with Crippen molar-refractivity contribution in [2.45, 2.75) is 13.0 Å². The third-order valence-electron chi connectivity index (χ3n) is 3.24. The van der Waals surface area contributed by atoms with E-state index in [1.165, 1.54) is 11.1 Å². The van der Waals surface area contributed by atoms with Crippen LogP contribution in [0.4, 0.5) is 0 Å². The highest BCUT2D eigenvalue weighted by molar-refractivity contribution is 6.30. The molecular weight excluding hydrogens is 258 g/mol. The second kappa shape index (κ2) is 6.09. The molecule has 2 aromatic carbocycles. The van der Waals surface area contributed by atoms with Crippen molar-refractivity contribution in [1.82, 2.24) is 5.32 Å². The fraction of sp³-hybridized carbons (Fsp3) is 0.250. The van der Waals surface area contributed by atoms with Gasteiger partial charge in [-0.05, 0) is 48.9 Å². The molecule has 1 atom stereocenters. The SMILES string of the molecule is CNC(c1ccc(Cl)cc1)c1ccc(OC)c(C)c1. The quantitative estimate of drug-likeness (QED) is 0.912. The molecule has 0 spiro atoms. The summed E-state index contributed by atoms with van der Waals surface area (Å²) in [5.41, 5.74) is 3.54. The predicted octanol–water partition coefficient (Wildman–Crippen LogP) is 3.97. The van der Waals surface area contributed by atoms with E-state index in [-0.39, 0.29) is 6.04 Å². The number of aryl methyl sites for hydroxylation is 1. The van der Waals surface area contributed by atoms with Crippen molar-refractivity contribution in [2.24, 2.45) is 0 Å². The Hall–Kier alpha value is -1.51. The highest BCUT2D eigenvalue weighted by Crippen LogP contribution is 2.27. The zero-order valence-electron chi connectivity index (χ0n) is 11.4. The highest BCUT2D eigenvalue weighted by atomic mass is 35.5. The lowest BCUT2D eigenvalue weighted by Crippen LogP contribution is -2.17. The molecule has 2 nitrogen and oxygen atoms in total. The van der Waals surface area contributed by atoms with E-state index in [2.05, 4.69) is 24.4 Å². The summed E-state index contributed by atoms with van der Waals surface area (Å²) >= 11 is 5.93. The molecule has 100 valence electrons. The van der Waals surface area contributed by atoms with Crippen LogP contribution >= 0.6 is 11.6 Å². The summed E-state index contributed by atoms with van der Waals surface area (Å²) in [4.78, 5) is 0. The van der Waals surface area contributed by atoms with Crippen molar-refractivity contribution in [1.29, 1.82) is 0 Å². The van der Waals surface area contributed by atoms with Gasteiger partial charge in [-0.25, -0.2) is 0 Å². The fourth-order valence-electron chi connectivity index (χ4n) is 2.26. The van der Waals surface area contributed by atoms with Gasteiger partial charge < -0.3 is 10.1 Å². The predicted molar refractivity (Wildman–Crippen MR) is 80.1 cm³/mol. The second-order valence-corrected chi connectivity index (χ2v) is 4.94. The Morgan fingerprint density at radius 1 is 1.05 bits per heavy atom. The molecule has 0 saturated heterocycles. The third-order valence-corrected chi connectivity index (χ3v) is 3.50. The first-order valence-corrected chi connectivity index (χ1v) is 6.60. The van der Waals surface area contributed by atoms with Crippen molar-refractivity contribution < 1.29 is 4.74 Å². The molecule has 0 heterocycles. The molecule has 1 N–H and O–H groups in total. The number of halogens is 1. The van der Waals surface area contributed by atoms with Crippen LogP contribution in [0.5, 0.6) is 5.75 Å². The molecule has 2 aromatic rings. The minimum Gasteiger partial charge on any atom is -0.496 e. The first-order chi connectivity index (χ1) is 9.15. The Labute approximate surface area is 119 Å². The fourth-order valence-corrected chi connectivity index (χ4v) is 2.39. The number of rotatable bonds is 4. The van der Waals surface area contributed by atoms with Crippen LogP contribution in [0.2, 0.25) is 5.02 Å². The van der Waals surface area contributed by atoms with Crippen LogP contribution in [0.25, 0.3) is 0 Å². The van der Waals surface area contributed by atoms with Crippen molar-refractivity contribution in [3.05, 3.63) is 64.2 Å². The van der Waals surface area contributed by atoms with Gasteiger partial charge in [-0.15, -0.1) is 0 Å². The number of methoxy groups -OCH3 is 1. The van der Waals surface area contributed by atoms with Crippen LogP contribution in [0.15, 0.2) is 42.5 Å². The minimum absolute atomic E-state index is 0.155. The van der Waals surface area contributed by atoms with Gasteiger partial charge in [-0.3, -0.25) is 0 Å². The summed E-state index contributed by atoms with van der Waals surface area (Å²) in [5.74, 6) is 0.912. The molecule has 0 radical (unpaired) electrons. The standard InChI is InChI=1S/C16H18ClNO/c1-11-10-13(6-9-15(11)19-3)16(18-2)12-4-7-14(17)8-5-12/h4-10,16,18H,1-3H3. The zero-order chi connectivity index (χ0) is 13.8. The lowest BCUT2D eigenvalue weighted by atomic mass is 9.97. The number of benzene rings is 2. The minimum atomic E-state index is 0.155. The summed E-state index contributed by atoms with van der Waals surface area (Å²) in [6.45, 7) is 2.05. The monoisotopic (exact) mass is 275 g/mol. The van der Waals surface area contributed by atoms with Gasteiger partial charge in [0, 0.05) is 5.02 Å². The van der Waals surface area contributed by atoms with Gasteiger partial charge in [0.25, 0.3) is 0 Å². The molecule has 19 heavy (non-hydrogen) atoms. The summed E-state index contributed by atoms with van der Waals surface area (Å²) in [7, 11) is 3.65. The first kappa shape index (κ1) is 13.9. The number of hydrogen-bond donors (Lipinski definition) is 1. The molecule has 0 aliphatic heterocycles. The maximum atomic E-state index is 5.93. The van der Waals surface area contributed by atoms with E-state index in [1.54, 1.807) is 7.11 Å². The molecule has 0 aromatic heterocycles. The van der Waals surface area contributed by atoms with Crippen molar-refractivity contribution in [3.63, 3.8) is 0 Å². The van der Waals surface area contributed by atoms with E-state index in [0.717, 1.165) is 16.3 Å². The lowest BCUT2D eigenvalue weighted by Gasteiger charge is -2.18. The van der Waals surface area contributed by atoms with Gasteiger partial charge in [0.15, 0.2) is 0 Å². The van der Waals surface area contributed by atoms with Crippen LogP contribution in [0.3, 0.4) is 0 Å². The topological polar surface area (TPSA) is 21.3 Å².